The van der Waals surface area contributed by atoms with Crippen LogP contribution in [0.5, 0.6) is 0 Å². The van der Waals surface area contributed by atoms with Gasteiger partial charge in [0.05, 0.1) is 11.2 Å². The maximum atomic E-state index is 13.4. The van der Waals surface area contributed by atoms with Crippen molar-refractivity contribution in [2.45, 2.75) is 26.3 Å². The van der Waals surface area contributed by atoms with Crippen LogP contribution in [0.1, 0.15) is 24.0 Å². The molecule has 34 heavy (non-hydrogen) atoms. The highest BCUT2D eigenvalue weighted by Crippen LogP contribution is 2.27. The van der Waals surface area contributed by atoms with E-state index >= 15 is 0 Å². The fraction of sp³-hybridized carbons (Fsp3) is 0.269. The highest BCUT2D eigenvalue weighted by molar-refractivity contribution is 7.17. The van der Waals surface area contributed by atoms with E-state index in [1.165, 1.54) is 11.3 Å². The maximum Gasteiger partial charge on any atom is 0.277 e. The minimum atomic E-state index is -0.0696. The van der Waals surface area contributed by atoms with Gasteiger partial charge in [-0.2, -0.15) is 0 Å². The van der Waals surface area contributed by atoms with E-state index in [1.807, 2.05) is 66.9 Å². The molecule has 1 fully saturated rings. The molecule has 4 aromatic rings. The first kappa shape index (κ1) is 22.6. The molecule has 3 heterocycles. The van der Waals surface area contributed by atoms with Crippen LogP contribution in [0, 0.1) is 12.8 Å². The van der Waals surface area contributed by atoms with Crippen LogP contribution in [0.15, 0.2) is 64.8 Å². The zero-order chi connectivity index (χ0) is 23.7. The van der Waals surface area contributed by atoms with Gasteiger partial charge in [-0.15, -0.1) is 11.3 Å². The predicted molar refractivity (Wildman–Crippen MR) is 138 cm³/mol. The number of nitrogens with zero attached hydrogens (tertiary/aromatic N) is 3. The van der Waals surface area contributed by atoms with Crippen LogP contribution < -0.4 is 15.8 Å². The molecule has 6 nitrogen and oxygen atoms in total. The second-order valence-corrected chi connectivity index (χ2v) is 9.98. The lowest BCUT2D eigenvalue weighted by Gasteiger charge is -2.33. The molecule has 1 aliphatic heterocycles. The molecule has 1 amide bonds. The van der Waals surface area contributed by atoms with Crippen molar-refractivity contribution < 1.29 is 4.79 Å². The molecule has 2 aromatic carbocycles. The molecule has 0 atom stereocenters. The number of aryl methyl sites for hydroxylation is 1. The molecule has 0 aliphatic carbocycles. The lowest BCUT2D eigenvalue weighted by Crippen LogP contribution is -2.42. The average Bonchev–Trinajstić information content (AvgIpc) is 3.33. The Hall–Kier alpha value is -3.16. The maximum absolute atomic E-state index is 13.4. The number of anilines is 1. The van der Waals surface area contributed by atoms with E-state index in [2.05, 4.69) is 10.2 Å². The number of piperidine rings is 1. The Labute approximate surface area is 206 Å². The Balaban J connectivity index is 1.34. The van der Waals surface area contributed by atoms with Gasteiger partial charge in [-0.3, -0.25) is 9.59 Å². The van der Waals surface area contributed by atoms with E-state index in [-0.39, 0.29) is 17.4 Å². The van der Waals surface area contributed by atoms with Crippen LogP contribution in [0.25, 0.3) is 15.9 Å². The van der Waals surface area contributed by atoms with Gasteiger partial charge < -0.3 is 10.2 Å². The quantitative estimate of drug-likeness (QED) is 0.428. The zero-order valence-electron chi connectivity index (χ0n) is 18.8. The van der Waals surface area contributed by atoms with Crippen molar-refractivity contribution in [3.8, 4) is 5.69 Å². The van der Waals surface area contributed by atoms with Crippen LogP contribution in [0.2, 0.25) is 5.02 Å². The number of hydrogen-bond donors (Lipinski definition) is 1. The van der Waals surface area contributed by atoms with Crippen molar-refractivity contribution in [2.24, 2.45) is 5.92 Å². The number of aromatic nitrogens is 2. The summed E-state index contributed by atoms with van der Waals surface area (Å²) < 4.78 is 2.36. The number of amides is 1. The van der Waals surface area contributed by atoms with Gasteiger partial charge in [0.15, 0.2) is 0 Å². The molecule has 2 aromatic heterocycles. The Bertz CT molecular complexity index is 1390. The topological polar surface area (TPSA) is 67.2 Å². The monoisotopic (exact) mass is 492 g/mol. The summed E-state index contributed by atoms with van der Waals surface area (Å²) in [5.41, 5.74) is 3.58. The fourth-order valence-electron chi connectivity index (χ4n) is 4.36. The van der Waals surface area contributed by atoms with E-state index in [0.717, 1.165) is 22.3 Å². The van der Waals surface area contributed by atoms with Crippen LogP contribution in [0.4, 0.5) is 5.95 Å². The third-order valence-electron chi connectivity index (χ3n) is 6.26. The minimum absolute atomic E-state index is 0.0526. The molecule has 0 radical (unpaired) electrons. The average molecular weight is 493 g/mol. The van der Waals surface area contributed by atoms with Crippen LogP contribution >= 0.6 is 22.9 Å². The number of rotatable bonds is 5. The molecule has 5 rings (SSSR count). The van der Waals surface area contributed by atoms with Crippen molar-refractivity contribution in [3.63, 3.8) is 0 Å². The second kappa shape index (κ2) is 9.60. The summed E-state index contributed by atoms with van der Waals surface area (Å²) >= 11 is 7.45. The first-order chi connectivity index (χ1) is 16.5. The molecule has 174 valence electrons. The number of nitrogens with one attached hydrogen (secondary N) is 1. The lowest BCUT2D eigenvalue weighted by atomic mass is 9.96. The summed E-state index contributed by atoms with van der Waals surface area (Å²) in [7, 11) is 0. The van der Waals surface area contributed by atoms with Crippen molar-refractivity contribution in [1.82, 2.24) is 14.9 Å². The zero-order valence-corrected chi connectivity index (χ0v) is 20.4. The molecule has 1 aliphatic rings. The van der Waals surface area contributed by atoms with Gasteiger partial charge in [0.25, 0.3) is 5.56 Å². The highest BCUT2D eigenvalue weighted by atomic mass is 35.5. The predicted octanol–water partition coefficient (Wildman–Crippen LogP) is 4.94. The smallest absolute Gasteiger partial charge is 0.277 e. The van der Waals surface area contributed by atoms with Crippen molar-refractivity contribution in [2.75, 3.05) is 18.0 Å². The molecule has 0 spiro atoms. The largest absolute Gasteiger partial charge is 0.352 e. The van der Waals surface area contributed by atoms with E-state index in [0.29, 0.717) is 48.1 Å². The number of carbonyl (C=O) groups is 1. The van der Waals surface area contributed by atoms with Crippen molar-refractivity contribution in [1.29, 1.82) is 0 Å². The van der Waals surface area contributed by atoms with Gasteiger partial charge in [-0.05, 0) is 61.0 Å². The van der Waals surface area contributed by atoms with Crippen LogP contribution in [-0.4, -0.2) is 28.5 Å². The summed E-state index contributed by atoms with van der Waals surface area (Å²) in [5.74, 6) is 0.620. The Kier molecular flexibility index (Phi) is 6.39. The lowest BCUT2D eigenvalue weighted by molar-refractivity contribution is -0.125. The van der Waals surface area contributed by atoms with E-state index in [9.17, 15) is 9.59 Å². The number of carbonyl (C=O) groups excluding carboxylic acids is 1. The Morgan fingerprint density at radius 1 is 1.15 bits per heavy atom. The highest BCUT2D eigenvalue weighted by Gasteiger charge is 2.28. The molecule has 0 saturated carbocycles. The number of benzene rings is 2. The van der Waals surface area contributed by atoms with Gasteiger partial charge >= 0.3 is 0 Å². The summed E-state index contributed by atoms with van der Waals surface area (Å²) in [5, 5.41) is 5.60. The Morgan fingerprint density at radius 3 is 2.65 bits per heavy atom. The standard InChI is InChI=1S/C26H25ClN4O2S/c1-17-5-7-21(8-6-17)31-25(33)23-22(11-14-34-23)29-26(31)30-12-9-19(10-13-30)24(32)28-16-18-3-2-4-20(27)15-18/h2-8,11,14-15,19H,9-10,12-13,16H2,1H3,(H,28,32). The van der Waals surface area contributed by atoms with Crippen LogP contribution in [-0.2, 0) is 11.3 Å². The summed E-state index contributed by atoms with van der Waals surface area (Å²) in [6.07, 6.45) is 1.40. The summed E-state index contributed by atoms with van der Waals surface area (Å²) in [6.45, 7) is 3.80. The number of thiophene rings is 1. The first-order valence-corrected chi connectivity index (χ1v) is 12.6. The van der Waals surface area contributed by atoms with Crippen molar-refractivity contribution in [3.05, 3.63) is 86.5 Å². The van der Waals surface area contributed by atoms with Gasteiger partial charge in [0.2, 0.25) is 11.9 Å². The molecule has 1 saturated heterocycles. The van der Waals surface area contributed by atoms with E-state index in [1.54, 1.807) is 4.57 Å². The van der Waals surface area contributed by atoms with Gasteiger partial charge in [-0.25, -0.2) is 9.55 Å². The third-order valence-corrected chi connectivity index (χ3v) is 7.39. The normalized spacial score (nSPS) is 14.5. The van der Waals surface area contributed by atoms with E-state index < -0.39 is 0 Å². The van der Waals surface area contributed by atoms with Gasteiger partial charge in [0, 0.05) is 30.6 Å². The SMILES string of the molecule is Cc1ccc(-n2c(N3CCC(C(=O)NCc4cccc(Cl)c4)CC3)nc3ccsc3c2=O)cc1. The molecular formula is C26H25ClN4O2S. The van der Waals surface area contributed by atoms with Crippen LogP contribution in [0.3, 0.4) is 0 Å². The number of halogens is 1. The number of fused-ring (bicyclic) bond motifs is 1. The molecule has 0 unspecified atom stereocenters. The molecule has 0 bridgehead atoms. The molecular weight excluding hydrogens is 468 g/mol. The van der Waals surface area contributed by atoms with Gasteiger partial charge in [-0.1, -0.05) is 41.4 Å². The van der Waals surface area contributed by atoms with Gasteiger partial charge in [0.1, 0.15) is 4.70 Å². The minimum Gasteiger partial charge on any atom is -0.352 e. The number of hydrogen-bond acceptors (Lipinski definition) is 5. The fourth-order valence-corrected chi connectivity index (χ4v) is 5.33. The second-order valence-electron chi connectivity index (χ2n) is 8.63. The first-order valence-electron chi connectivity index (χ1n) is 11.3. The molecule has 1 N–H and O–H groups in total. The summed E-state index contributed by atoms with van der Waals surface area (Å²) in [6, 6.07) is 17.3. The molecule has 8 heteroatoms. The third kappa shape index (κ3) is 4.58. The Morgan fingerprint density at radius 2 is 1.91 bits per heavy atom. The van der Waals surface area contributed by atoms with Crippen molar-refractivity contribution >= 4 is 45.0 Å². The van der Waals surface area contributed by atoms with E-state index in [4.69, 9.17) is 16.6 Å². The summed E-state index contributed by atoms with van der Waals surface area (Å²) in [4.78, 5) is 33.2.